The van der Waals surface area contributed by atoms with Gasteiger partial charge in [0.25, 0.3) is 0 Å². The van der Waals surface area contributed by atoms with Crippen LogP contribution in [0.4, 0.5) is 0 Å². The lowest BCUT2D eigenvalue weighted by Crippen LogP contribution is -1.75. The molecule has 0 aliphatic carbocycles. The Hall–Kier alpha value is -0.920. The quantitative estimate of drug-likeness (QED) is 0.669. The monoisotopic (exact) mass is 266 g/mol. The smallest absolute Gasteiger partial charge is 0.167 e. The van der Waals surface area contributed by atoms with E-state index in [0.717, 1.165) is 20.7 Å². The van der Waals surface area contributed by atoms with E-state index in [1.54, 1.807) is 0 Å². The third-order valence-electron chi connectivity index (χ3n) is 1.71. The molecule has 0 spiro atoms. The van der Waals surface area contributed by atoms with Gasteiger partial charge in [-0.2, -0.15) is 0 Å². The van der Waals surface area contributed by atoms with Gasteiger partial charge in [0.1, 0.15) is 0 Å². The molecule has 0 saturated carbocycles. The van der Waals surface area contributed by atoms with Gasteiger partial charge >= 0.3 is 0 Å². The van der Waals surface area contributed by atoms with Crippen molar-refractivity contribution in [2.75, 3.05) is 5.75 Å². The Morgan fingerprint density at radius 2 is 2.43 bits per heavy atom. The molecule has 2 aromatic rings. The van der Waals surface area contributed by atoms with Crippen LogP contribution in [0, 0.1) is 12.3 Å². The van der Waals surface area contributed by atoms with Crippen molar-refractivity contribution in [1.29, 1.82) is 0 Å². The molecule has 70 valence electrons. The number of hydrogen-bond acceptors (Lipinski definition) is 2. The third kappa shape index (κ3) is 1.94. The Morgan fingerprint density at radius 3 is 3.21 bits per heavy atom. The first-order valence-corrected chi connectivity index (χ1v) is 5.79. The maximum absolute atomic E-state index is 5.17. The van der Waals surface area contributed by atoms with Crippen molar-refractivity contribution in [3.63, 3.8) is 0 Å². The molecule has 0 saturated heterocycles. The minimum atomic E-state index is 0.640. The van der Waals surface area contributed by atoms with Crippen LogP contribution >= 0.6 is 27.7 Å². The molecular formula is C10H7BrN2S. The lowest BCUT2D eigenvalue weighted by atomic mass is 10.3. The zero-order valence-corrected chi connectivity index (χ0v) is 9.65. The van der Waals surface area contributed by atoms with Crippen LogP contribution in [0.5, 0.6) is 0 Å². The largest absolute Gasteiger partial charge is 0.333 e. The van der Waals surface area contributed by atoms with Gasteiger partial charge < -0.3 is 4.98 Å². The summed E-state index contributed by atoms with van der Waals surface area (Å²) in [6.45, 7) is 0. The van der Waals surface area contributed by atoms with E-state index in [1.807, 2.05) is 18.2 Å². The van der Waals surface area contributed by atoms with Crippen LogP contribution in [-0.2, 0) is 0 Å². The first kappa shape index (κ1) is 9.63. The average molecular weight is 267 g/mol. The number of aromatic amines is 1. The van der Waals surface area contributed by atoms with Crippen molar-refractivity contribution in [3.8, 4) is 12.3 Å². The maximum Gasteiger partial charge on any atom is 0.167 e. The van der Waals surface area contributed by atoms with Crippen molar-refractivity contribution in [2.45, 2.75) is 5.16 Å². The molecule has 0 bridgehead atoms. The van der Waals surface area contributed by atoms with Crippen LogP contribution in [0.1, 0.15) is 0 Å². The average Bonchev–Trinajstić information content (AvgIpc) is 2.56. The van der Waals surface area contributed by atoms with Crippen LogP contribution in [0.15, 0.2) is 27.8 Å². The van der Waals surface area contributed by atoms with E-state index >= 15 is 0 Å². The van der Waals surface area contributed by atoms with Gasteiger partial charge in [0.2, 0.25) is 0 Å². The number of terminal acetylenes is 1. The number of H-pyrrole nitrogens is 1. The lowest BCUT2D eigenvalue weighted by Gasteiger charge is -1.88. The molecule has 2 rings (SSSR count). The van der Waals surface area contributed by atoms with Gasteiger partial charge in [0.05, 0.1) is 16.8 Å². The molecule has 4 heteroatoms. The molecular weight excluding hydrogens is 260 g/mol. The summed E-state index contributed by atoms with van der Waals surface area (Å²) < 4.78 is 1.04. The van der Waals surface area contributed by atoms with E-state index in [-0.39, 0.29) is 0 Å². The van der Waals surface area contributed by atoms with Gasteiger partial charge in [-0.1, -0.05) is 33.6 Å². The number of thioether (sulfide) groups is 1. The highest BCUT2D eigenvalue weighted by Gasteiger charge is 2.02. The summed E-state index contributed by atoms with van der Waals surface area (Å²) in [6.07, 6.45) is 5.17. The summed E-state index contributed by atoms with van der Waals surface area (Å²) in [7, 11) is 0. The maximum atomic E-state index is 5.17. The molecule has 0 aliphatic heterocycles. The van der Waals surface area contributed by atoms with Crippen molar-refractivity contribution in [2.24, 2.45) is 0 Å². The molecule has 0 atom stereocenters. The number of imidazole rings is 1. The summed E-state index contributed by atoms with van der Waals surface area (Å²) in [5, 5.41) is 0.871. The first-order valence-electron chi connectivity index (χ1n) is 4.01. The second-order valence-electron chi connectivity index (χ2n) is 2.70. The minimum Gasteiger partial charge on any atom is -0.333 e. The molecule has 0 fully saturated rings. The van der Waals surface area contributed by atoms with E-state index < -0.39 is 0 Å². The number of benzene rings is 1. The van der Waals surface area contributed by atoms with Crippen LogP contribution in [0.2, 0.25) is 0 Å². The predicted molar refractivity (Wildman–Crippen MR) is 63.4 cm³/mol. The van der Waals surface area contributed by atoms with Crippen LogP contribution in [0.25, 0.3) is 11.0 Å². The molecule has 1 heterocycles. The van der Waals surface area contributed by atoms with Crippen LogP contribution in [0.3, 0.4) is 0 Å². The Balaban J connectivity index is 2.37. The Kier molecular flexibility index (Phi) is 2.80. The highest BCUT2D eigenvalue weighted by molar-refractivity contribution is 9.10. The SMILES string of the molecule is C#CCSc1nc2ccc(Br)cc2[nH]1. The Bertz CT molecular complexity index is 498. The van der Waals surface area contributed by atoms with Gasteiger partial charge in [-0.15, -0.1) is 6.42 Å². The minimum absolute atomic E-state index is 0.640. The molecule has 0 unspecified atom stereocenters. The van der Waals surface area contributed by atoms with E-state index in [9.17, 15) is 0 Å². The van der Waals surface area contributed by atoms with E-state index in [2.05, 4.69) is 31.8 Å². The van der Waals surface area contributed by atoms with Gasteiger partial charge in [-0.3, -0.25) is 0 Å². The summed E-state index contributed by atoms with van der Waals surface area (Å²) in [4.78, 5) is 7.58. The summed E-state index contributed by atoms with van der Waals surface area (Å²) in [5.41, 5.74) is 1.99. The number of aromatic nitrogens is 2. The van der Waals surface area contributed by atoms with Gasteiger partial charge in [-0.05, 0) is 18.2 Å². The lowest BCUT2D eigenvalue weighted by molar-refractivity contribution is 1.08. The van der Waals surface area contributed by atoms with Crippen molar-refractivity contribution >= 4 is 38.7 Å². The number of fused-ring (bicyclic) bond motifs is 1. The molecule has 0 amide bonds. The topological polar surface area (TPSA) is 28.7 Å². The number of halogens is 1. The van der Waals surface area contributed by atoms with Gasteiger partial charge in [-0.25, -0.2) is 4.98 Å². The second-order valence-corrected chi connectivity index (χ2v) is 4.58. The number of nitrogens with one attached hydrogen (secondary N) is 1. The Labute approximate surface area is 94.6 Å². The van der Waals surface area contributed by atoms with E-state index in [4.69, 9.17) is 6.42 Å². The molecule has 0 aliphatic rings. The van der Waals surface area contributed by atoms with Crippen molar-refractivity contribution in [3.05, 3.63) is 22.7 Å². The van der Waals surface area contributed by atoms with Crippen LogP contribution in [-0.4, -0.2) is 15.7 Å². The van der Waals surface area contributed by atoms with E-state index in [0.29, 0.717) is 5.75 Å². The third-order valence-corrected chi connectivity index (χ3v) is 2.99. The molecule has 14 heavy (non-hydrogen) atoms. The van der Waals surface area contributed by atoms with Crippen molar-refractivity contribution < 1.29 is 0 Å². The number of hydrogen-bond donors (Lipinski definition) is 1. The number of rotatable bonds is 2. The fourth-order valence-electron chi connectivity index (χ4n) is 1.14. The normalized spacial score (nSPS) is 10.3. The summed E-state index contributed by atoms with van der Waals surface area (Å²) in [6, 6.07) is 5.94. The Morgan fingerprint density at radius 1 is 1.57 bits per heavy atom. The fourth-order valence-corrected chi connectivity index (χ4v) is 2.06. The van der Waals surface area contributed by atoms with Gasteiger partial charge in [0, 0.05) is 4.47 Å². The second kappa shape index (κ2) is 4.07. The summed E-state index contributed by atoms with van der Waals surface area (Å²) >= 11 is 4.94. The highest BCUT2D eigenvalue weighted by atomic mass is 79.9. The zero-order chi connectivity index (χ0) is 9.97. The van der Waals surface area contributed by atoms with Gasteiger partial charge in [0.15, 0.2) is 5.16 Å². The molecule has 1 aromatic heterocycles. The summed E-state index contributed by atoms with van der Waals surface area (Å²) in [5.74, 6) is 3.21. The highest BCUT2D eigenvalue weighted by Crippen LogP contribution is 2.21. The molecule has 1 N–H and O–H groups in total. The first-order chi connectivity index (χ1) is 6.79. The standard InChI is InChI=1S/C10H7BrN2S/c1-2-5-14-10-12-8-4-3-7(11)6-9(8)13-10/h1,3-4,6H,5H2,(H,12,13). The number of nitrogens with zero attached hydrogens (tertiary/aromatic N) is 1. The molecule has 2 nitrogen and oxygen atoms in total. The van der Waals surface area contributed by atoms with Crippen molar-refractivity contribution in [1.82, 2.24) is 9.97 Å². The fraction of sp³-hybridized carbons (Fsp3) is 0.100. The van der Waals surface area contributed by atoms with Crippen LogP contribution < -0.4 is 0 Å². The van der Waals surface area contributed by atoms with E-state index in [1.165, 1.54) is 11.8 Å². The predicted octanol–water partition coefficient (Wildman–Crippen LogP) is 3.05. The molecule has 1 aromatic carbocycles. The zero-order valence-electron chi connectivity index (χ0n) is 7.25. The molecule has 0 radical (unpaired) electrons.